The maximum atomic E-state index is 13.5. The molecule has 0 aliphatic heterocycles. The Kier molecular flexibility index (Phi) is 6.89. The molecule has 0 radical (unpaired) electrons. The summed E-state index contributed by atoms with van der Waals surface area (Å²) < 4.78 is 13.5. The molecule has 0 bridgehead atoms. The first-order valence-electron chi connectivity index (χ1n) is 6.57. The van der Waals surface area contributed by atoms with E-state index in [1.165, 1.54) is 6.07 Å². The molecule has 0 fully saturated rings. The van der Waals surface area contributed by atoms with Gasteiger partial charge in [-0.3, -0.25) is 4.79 Å². The number of nitrogens with two attached hydrogens (primary N) is 1. The number of carbonyl (C=O) groups excluding carboxylic acids is 1. The number of para-hydroxylation sites is 1. The minimum absolute atomic E-state index is 0.0268. The molecule has 0 heterocycles. The minimum atomic E-state index is -0.225. The molecule has 0 spiro atoms. The van der Waals surface area contributed by atoms with Gasteiger partial charge in [-0.2, -0.15) is 0 Å². The van der Waals surface area contributed by atoms with Gasteiger partial charge in [0.15, 0.2) is 0 Å². The van der Waals surface area contributed by atoms with E-state index >= 15 is 0 Å². The van der Waals surface area contributed by atoms with E-state index in [4.69, 9.17) is 5.73 Å². The zero-order chi connectivity index (χ0) is 14.1. The van der Waals surface area contributed by atoms with Gasteiger partial charge < -0.3 is 16.0 Å². The van der Waals surface area contributed by atoms with Crippen LogP contribution in [0.4, 0.5) is 10.1 Å². The Labute approximate surface area is 113 Å². The Morgan fingerprint density at radius 2 is 2.11 bits per heavy atom. The van der Waals surface area contributed by atoms with Crippen LogP contribution in [0, 0.1) is 5.82 Å². The number of nitrogens with one attached hydrogen (secondary N) is 1. The summed E-state index contributed by atoms with van der Waals surface area (Å²) in [6, 6.07) is 6.67. The van der Waals surface area contributed by atoms with E-state index in [0.717, 1.165) is 6.42 Å². The number of amides is 1. The summed E-state index contributed by atoms with van der Waals surface area (Å²) in [5.41, 5.74) is 5.91. The molecule has 0 saturated heterocycles. The fourth-order valence-corrected chi connectivity index (χ4v) is 1.78. The molecule has 0 aliphatic carbocycles. The van der Waals surface area contributed by atoms with Crippen molar-refractivity contribution >= 4 is 11.6 Å². The number of anilines is 1. The van der Waals surface area contributed by atoms with Crippen molar-refractivity contribution in [1.82, 2.24) is 5.32 Å². The normalized spacial score (nSPS) is 10.3. The van der Waals surface area contributed by atoms with Gasteiger partial charge in [0.2, 0.25) is 5.91 Å². The van der Waals surface area contributed by atoms with Crippen molar-refractivity contribution in [3.8, 4) is 0 Å². The fourth-order valence-electron chi connectivity index (χ4n) is 1.78. The predicted octanol–water partition coefficient (Wildman–Crippen LogP) is 1.51. The summed E-state index contributed by atoms with van der Waals surface area (Å²) in [5.74, 6) is -0.198. The predicted molar refractivity (Wildman–Crippen MR) is 75.6 cm³/mol. The third kappa shape index (κ3) is 5.70. The van der Waals surface area contributed by atoms with E-state index in [0.29, 0.717) is 38.2 Å². The molecule has 19 heavy (non-hydrogen) atoms. The molecule has 1 rings (SSSR count). The maximum absolute atomic E-state index is 13.5. The molecule has 0 unspecified atom stereocenters. The van der Waals surface area contributed by atoms with Crippen molar-refractivity contribution in [2.45, 2.75) is 19.3 Å². The zero-order valence-corrected chi connectivity index (χ0v) is 11.4. The first kappa shape index (κ1) is 15.4. The molecule has 1 aromatic carbocycles. The van der Waals surface area contributed by atoms with Crippen LogP contribution in [-0.2, 0) is 4.79 Å². The molecule has 106 valence electrons. The van der Waals surface area contributed by atoms with Gasteiger partial charge in [-0.05, 0) is 31.5 Å². The second-order valence-corrected chi connectivity index (χ2v) is 4.47. The standard InChI is InChI=1S/C14H22FN3O/c1-18(13-7-3-2-6-12(13)15)11-5-10-17-14(19)8-4-9-16/h2-3,6-7H,4-5,8-11,16H2,1H3,(H,17,19). The van der Waals surface area contributed by atoms with Crippen molar-refractivity contribution in [3.63, 3.8) is 0 Å². The number of halogens is 1. The average Bonchev–Trinajstić information content (AvgIpc) is 2.41. The smallest absolute Gasteiger partial charge is 0.220 e. The topological polar surface area (TPSA) is 58.4 Å². The van der Waals surface area contributed by atoms with E-state index in [1.807, 2.05) is 18.0 Å². The van der Waals surface area contributed by atoms with Gasteiger partial charge >= 0.3 is 0 Å². The number of benzene rings is 1. The Balaban J connectivity index is 2.23. The van der Waals surface area contributed by atoms with Crippen molar-refractivity contribution < 1.29 is 9.18 Å². The SMILES string of the molecule is CN(CCCNC(=O)CCCN)c1ccccc1F. The number of nitrogens with zero attached hydrogens (tertiary/aromatic N) is 1. The van der Waals surface area contributed by atoms with Gasteiger partial charge in [0.1, 0.15) is 5.82 Å². The van der Waals surface area contributed by atoms with Crippen molar-refractivity contribution in [2.75, 3.05) is 31.6 Å². The van der Waals surface area contributed by atoms with Gasteiger partial charge in [0.25, 0.3) is 0 Å². The van der Waals surface area contributed by atoms with E-state index < -0.39 is 0 Å². The molecule has 5 heteroatoms. The minimum Gasteiger partial charge on any atom is -0.372 e. The summed E-state index contributed by atoms with van der Waals surface area (Å²) in [6.07, 6.45) is 1.96. The Bertz CT molecular complexity index is 398. The van der Waals surface area contributed by atoms with Crippen LogP contribution < -0.4 is 16.0 Å². The van der Waals surface area contributed by atoms with Gasteiger partial charge in [-0.25, -0.2) is 4.39 Å². The molecule has 4 nitrogen and oxygen atoms in total. The first-order valence-corrected chi connectivity index (χ1v) is 6.57. The zero-order valence-electron chi connectivity index (χ0n) is 11.4. The van der Waals surface area contributed by atoms with Crippen LogP contribution >= 0.6 is 0 Å². The van der Waals surface area contributed by atoms with Crippen LogP contribution in [-0.4, -0.2) is 32.6 Å². The van der Waals surface area contributed by atoms with Crippen LogP contribution in [0.15, 0.2) is 24.3 Å². The lowest BCUT2D eigenvalue weighted by Gasteiger charge is -2.19. The highest BCUT2D eigenvalue weighted by Gasteiger charge is 2.06. The van der Waals surface area contributed by atoms with Crippen molar-refractivity contribution in [2.24, 2.45) is 5.73 Å². The molecule has 3 N–H and O–H groups in total. The summed E-state index contributed by atoms with van der Waals surface area (Å²) in [4.78, 5) is 13.2. The molecule has 1 amide bonds. The van der Waals surface area contributed by atoms with Crippen LogP contribution in [0.25, 0.3) is 0 Å². The van der Waals surface area contributed by atoms with E-state index in [1.54, 1.807) is 12.1 Å². The molecular formula is C14H22FN3O. The average molecular weight is 267 g/mol. The monoisotopic (exact) mass is 267 g/mol. The lowest BCUT2D eigenvalue weighted by molar-refractivity contribution is -0.121. The molecular weight excluding hydrogens is 245 g/mol. The van der Waals surface area contributed by atoms with E-state index in [9.17, 15) is 9.18 Å². The lowest BCUT2D eigenvalue weighted by atomic mass is 10.2. The van der Waals surface area contributed by atoms with E-state index in [-0.39, 0.29) is 11.7 Å². The Hall–Kier alpha value is -1.62. The molecule has 0 aromatic heterocycles. The summed E-state index contributed by atoms with van der Waals surface area (Å²) in [7, 11) is 1.84. The highest BCUT2D eigenvalue weighted by molar-refractivity contribution is 5.75. The fraction of sp³-hybridized carbons (Fsp3) is 0.500. The molecule has 0 atom stereocenters. The second-order valence-electron chi connectivity index (χ2n) is 4.47. The van der Waals surface area contributed by atoms with Gasteiger partial charge in [0, 0.05) is 26.6 Å². The van der Waals surface area contributed by atoms with Crippen molar-refractivity contribution in [3.05, 3.63) is 30.1 Å². The van der Waals surface area contributed by atoms with E-state index in [2.05, 4.69) is 5.32 Å². The Morgan fingerprint density at radius 3 is 2.79 bits per heavy atom. The van der Waals surface area contributed by atoms with Crippen LogP contribution in [0.2, 0.25) is 0 Å². The second kappa shape index (κ2) is 8.48. The number of carbonyl (C=O) groups is 1. The highest BCUT2D eigenvalue weighted by Crippen LogP contribution is 2.16. The third-order valence-electron chi connectivity index (χ3n) is 2.86. The van der Waals surface area contributed by atoms with Gasteiger partial charge in [-0.1, -0.05) is 12.1 Å². The van der Waals surface area contributed by atoms with Gasteiger partial charge in [0.05, 0.1) is 5.69 Å². The molecule has 0 aliphatic rings. The maximum Gasteiger partial charge on any atom is 0.220 e. The highest BCUT2D eigenvalue weighted by atomic mass is 19.1. The summed E-state index contributed by atoms with van der Waals surface area (Å²) in [6.45, 7) is 1.82. The lowest BCUT2D eigenvalue weighted by Crippen LogP contribution is -2.28. The number of rotatable bonds is 8. The largest absolute Gasteiger partial charge is 0.372 e. The van der Waals surface area contributed by atoms with Gasteiger partial charge in [-0.15, -0.1) is 0 Å². The molecule has 0 saturated carbocycles. The van der Waals surface area contributed by atoms with Crippen LogP contribution in [0.1, 0.15) is 19.3 Å². The quantitative estimate of drug-likeness (QED) is 0.702. The first-order chi connectivity index (χ1) is 9.15. The van der Waals surface area contributed by atoms with Crippen LogP contribution in [0.5, 0.6) is 0 Å². The van der Waals surface area contributed by atoms with Crippen LogP contribution in [0.3, 0.4) is 0 Å². The summed E-state index contributed by atoms with van der Waals surface area (Å²) >= 11 is 0. The third-order valence-corrected chi connectivity index (χ3v) is 2.86. The number of hydrogen-bond donors (Lipinski definition) is 2. The number of hydrogen-bond acceptors (Lipinski definition) is 3. The summed E-state index contributed by atoms with van der Waals surface area (Å²) in [5, 5.41) is 2.82. The van der Waals surface area contributed by atoms with Crippen molar-refractivity contribution in [1.29, 1.82) is 0 Å². The Morgan fingerprint density at radius 1 is 1.37 bits per heavy atom. The molecule has 1 aromatic rings.